The maximum Gasteiger partial charge on any atom is 0.260 e. The summed E-state index contributed by atoms with van der Waals surface area (Å²) in [6.45, 7) is 8.68. The number of carbonyl (C=O) groups is 1. The Morgan fingerprint density at radius 1 is 1.29 bits per heavy atom. The van der Waals surface area contributed by atoms with Gasteiger partial charge in [0.2, 0.25) is 0 Å². The quantitative estimate of drug-likeness (QED) is 0.771. The van der Waals surface area contributed by atoms with Crippen molar-refractivity contribution >= 4 is 5.91 Å². The summed E-state index contributed by atoms with van der Waals surface area (Å²) in [6.07, 6.45) is -0.608. The van der Waals surface area contributed by atoms with E-state index in [4.69, 9.17) is 14.6 Å². The average molecular weight is 295 g/mol. The van der Waals surface area contributed by atoms with Gasteiger partial charge in [-0.1, -0.05) is 19.9 Å². The summed E-state index contributed by atoms with van der Waals surface area (Å²) < 4.78 is 11.2. The molecular weight excluding hydrogens is 270 g/mol. The summed E-state index contributed by atoms with van der Waals surface area (Å²) >= 11 is 0. The molecule has 1 unspecified atom stereocenters. The van der Waals surface area contributed by atoms with Gasteiger partial charge in [0.1, 0.15) is 0 Å². The fourth-order valence-electron chi connectivity index (χ4n) is 1.71. The predicted molar refractivity (Wildman–Crippen MR) is 81.5 cm³/mol. The van der Waals surface area contributed by atoms with Crippen molar-refractivity contribution < 1.29 is 19.4 Å². The van der Waals surface area contributed by atoms with E-state index in [1.165, 1.54) is 0 Å². The summed E-state index contributed by atoms with van der Waals surface area (Å²) in [4.78, 5) is 11.9. The van der Waals surface area contributed by atoms with Gasteiger partial charge in [-0.05, 0) is 37.5 Å². The van der Waals surface area contributed by atoms with E-state index in [9.17, 15) is 4.79 Å². The summed E-state index contributed by atoms with van der Waals surface area (Å²) in [6, 6.07) is 5.18. The van der Waals surface area contributed by atoms with Crippen molar-refractivity contribution in [3.8, 4) is 11.5 Å². The molecule has 0 spiro atoms. The molecule has 1 aromatic rings. The van der Waals surface area contributed by atoms with Crippen LogP contribution in [0, 0.1) is 5.92 Å². The summed E-state index contributed by atoms with van der Waals surface area (Å²) in [7, 11) is 0. The fourth-order valence-corrected chi connectivity index (χ4v) is 1.71. The van der Waals surface area contributed by atoms with E-state index in [0.29, 0.717) is 30.6 Å². The molecule has 0 heterocycles. The van der Waals surface area contributed by atoms with Crippen LogP contribution in [-0.4, -0.2) is 30.3 Å². The molecule has 118 valence electrons. The number of nitrogens with one attached hydrogen (secondary N) is 1. The lowest BCUT2D eigenvalue weighted by Crippen LogP contribution is -2.38. The third-order valence-electron chi connectivity index (χ3n) is 2.85. The number of benzene rings is 1. The molecular formula is C16H25NO4. The first-order valence-electron chi connectivity index (χ1n) is 7.28. The SMILES string of the molecule is CCOc1cc(CO)ccc1OC(C)C(=O)NCC(C)C. The van der Waals surface area contributed by atoms with Crippen LogP contribution in [-0.2, 0) is 11.4 Å². The number of amides is 1. The van der Waals surface area contributed by atoms with Gasteiger partial charge < -0.3 is 19.9 Å². The van der Waals surface area contributed by atoms with E-state index < -0.39 is 6.10 Å². The number of aliphatic hydroxyl groups excluding tert-OH is 1. The lowest BCUT2D eigenvalue weighted by Gasteiger charge is -2.18. The maximum absolute atomic E-state index is 11.9. The van der Waals surface area contributed by atoms with Crippen LogP contribution in [0.2, 0.25) is 0 Å². The highest BCUT2D eigenvalue weighted by atomic mass is 16.5. The van der Waals surface area contributed by atoms with Crippen molar-refractivity contribution in [1.29, 1.82) is 0 Å². The van der Waals surface area contributed by atoms with Crippen molar-refractivity contribution in [2.45, 2.75) is 40.4 Å². The third kappa shape index (κ3) is 5.63. The topological polar surface area (TPSA) is 67.8 Å². The van der Waals surface area contributed by atoms with Crippen LogP contribution in [0.15, 0.2) is 18.2 Å². The average Bonchev–Trinajstić information content (AvgIpc) is 2.46. The van der Waals surface area contributed by atoms with Gasteiger partial charge >= 0.3 is 0 Å². The number of ether oxygens (including phenoxy) is 2. The zero-order valence-corrected chi connectivity index (χ0v) is 13.2. The molecule has 0 aliphatic carbocycles. The highest BCUT2D eigenvalue weighted by Gasteiger charge is 2.17. The Kier molecular flexibility index (Phi) is 7.02. The van der Waals surface area contributed by atoms with Gasteiger partial charge in [-0.15, -0.1) is 0 Å². The van der Waals surface area contributed by atoms with E-state index in [2.05, 4.69) is 5.32 Å². The first kappa shape index (κ1) is 17.3. The minimum Gasteiger partial charge on any atom is -0.490 e. The van der Waals surface area contributed by atoms with Crippen molar-refractivity contribution in [1.82, 2.24) is 5.32 Å². The van der Waals surface area contributed by atoms with Crippen LogP contribution in [0.25, 0.3) is 0 Å². The smallest absolute Gasteiger partial charge is 0.260 e. The van der Waals surface area contributed by atoms with E-state index in [1.807, 2.05) is 20.8 Å². The molecule has 0 saturated heterocycles. The highest BCUT2D eigenvalue weighted by molar-refractivity contribution is 5.80. The molecule has 0 aliphatic rings. The second-order valence-electron chi connectivity index (χ2n) is 5.27. The van der Waals surface area contributed by atoms with E-state index in [0.717, 1.165) is 5.56 Å². The first-order valence-corrected chi connectivity index (χ1v) is 7.28. The van der Waals surface area contributed by atoms with Gasteiger partial charge in [-0.25, -0.2) is 0 Å². The maximum atomic E-state index is 11.9. The zero-order chi connectivity index (χ0) is 15.8. The number of aliphatic hydroxyl groups is 1. The van der Waals surface area contributed by atoms with Gasteiger partial charge in [0.25, 0.3) is 5.91 Å². The Morgan fingerprint density at radius 2 is 2.00 bits per heavy atom. The van der Waals surface area contributed by atoms with E-state index >= 15 is 0 Å². The molecule has 1 rings (SSSR count). The summed E-state index contributed by atoms with van der Waals surface area (Å²) in [5, 5.41) is 12.0. The van der Waals surface area contributed by atoms with Crippen LogP contribution in [0.5, 0.6) is 11.5 Å². The molecule has 0 fully saturated rings. The monoisotopic (exact) mass is 295 g/mol. The largest absolute Gasteiger partial charge is 0.490 e. The predicted octanol–water partition coefficient (Wildman–Crippen LogP) is 2.12. The van der Waals surface area contributed by atoms with Crippen molar-refractivity contribution in [2.24, 2.45) is 5.92 Å². The standard InChI is InChI=1S/C16H25NO4/c1-5-20-15-8-13(10-18)6-7-14(15)21-12(4)16(19)17-9-11(2)3/h6-8,11-12,18H,5,9-10H2,1-4H3,(H,17,19). The van der Waals surface area contributed by atoms with Crippen molar-refractivity contribution in [3.63, 3.8) is 0 Å². The zero-order valence-electron chi connectivity index (χ0n) is 13.2. The number of rotatable bonds is 8. The first-order chi connectivity index (χ1) is 9.97. The molecule has 0 radical (unpaired) electrons. The second-order valence-corrected chi connectivity index (χ2v) is 5.27. The number of hydrogen-bond acceptors (Lipinski definition) is 4. The molecule has 5 heteroatoms. The second kappa shape index (κ2) is 8.52. The minimum absolute atomic E-state index is 0.0647. The van der Waals surface area contributed by atoms with Gasteiger partial charge in [0.05, 0.1) is 13.2 Å². The molecule has 0 bridgehead atoms. The summed E-state index contributed by atoms with van der Waals surface area (Å²) in [5.41, 5.74) is 0.739. The van der Waals surface area contributed by atoms with Crippen LogP contribution in [0.4, 0.5) is 0 Å². The van der Waals surface area contributed by atoms with Gasteiger partial charge in [-0.2, -0.15) is 0 Å². The summed E-state index contributed by atoms with van der Waals surface area (Å²) in [5.74, 6) is 1.27. The third-order valence-corrected chi connectivity index (χ3v) is 2.85. The van der Waals surface area contributed by atoms with Gasteiger partial charge in [-0.3, -0.25) is 4.79 Å². The number of hydrogen-bond donors (Lipinski definition) is 2. The molecule has 5 nitrogen and oxygen atoms in total. The molecule has 2 N–H and O–H groups in total. The Balaban J connectivity index is 2.74. The Labute approximate surface area is 126 Å². The van der Waals surface area contributed by atoms with Gasteiger partial charge in [0, 0.05) is 6.54 Å². The van der Waals surface area contributed by atoms with Crippen molar-refractivity contribution in [2.75, 3.05) is 13.2 Å². The van der Waals surface area contributed by atoms with Crippen LogP contribution < -0.4 is 14.8 Å². The van der Waals surface area contributed by atoms with Crippen LogP contribution in [0.3, 0.4) is 0 Å². The highest BCUT2D eigenvalue weighted by Crippen LogP contribution is 2.29. The normalized spacial score (nSPS) is 12.1. The van der Waals surface area contributed by atoms with E-state index in [-0.39, 0.29) is 12.5 Å². The van der Waals surface area contributed by atoms with Gasteiger partial charge in [0.15, 0.2) is 17.6 Å². The number of carbonyl (C=O) groups excluding carboxylic acids is 1. The lowest BCUT2D eigenvalue weighted by atomic mass is 10.2. The molecule has 0 aromatic heterocycles. The molecule has 0 aliphatic heterocycles. The Morgan fingerprint density at radius 3 is 2.57 bits per heavy atom. The molecule has 1 aromatic carbocycles. The Bertz CT molecular complexity index is 460. The molecule has 0 saturated carbocycles. The molecule has 21 heavy (non-hydrogen) atoms. The van der Waals surface area contributed by atoms with Crippen LogP contribution in [0.1, 0.15) is 33.3 Å². The van der Waals surface area contributed by atoms with Crippen molar-refractivity contribution in [3.05, 3.63) is 23.8 Å². The fraction of sp³-hybridized carbons (Fsp3) is 0.562. The Hall–Kier alpha value is -1.75. The van der Waals surface area contributed by atoms with E-state index in [1.54, 1.807) is 25.1 Å². The molecule has 1 amide bonds. The van der Waals surface area contributed by atoms with Crippen LogP contribution >= 0.6 is 0 Å². The minimum atomic E-state index is -0.608. The lowest BCUT2D eigenvalue weighted by molar-refractivity contribution is -0.127. The molecule has 1 atom stereocenters.